The van der Waals surface area contributed by atoms with E-state index in [4.69, 9.17) is 21.1 Å². The van der Waals surface area contributed by atoms with Gasteiger partial charge in [0.25, 0.3) is 0 Å². The topological polar surface area (TPSA) is 93.6 Å². The molecule has 0 saturated heterocycles. The van der Waals surface area contributed by atoms with E-state index in [-0.39, 0.29) is 0 Å². The molecule has 1 heterocycles. The molecule has 7 nitrogen and oxygen atoms in total. The summed E-state index contributed by atoms with van der Waals surface area (Å²) in [5.74, 6) is 0.476. The fraction of sp³-hybridized carbons (Fsp3) is 0.192. The number of hydrogen-bond acceptors (Lipinski definition) is 6. The third kappa shape index (κ3) is 4.47. The zero-order valence-electron chi connectivity index (χ0n) is 19.2. The molecule has 1 aromatic heterocycles. The van der Waals surface area contributed by atoms with Gasteiger partial charge in [-0.25, -0.2) is 14.8 Å². The van der Waals surface area contributed by atoms with Gasteiger partial charge in [0.15, 0.2) is 11.4 Å². The lowest BCUT2D eigenvalue weighted by Crippen LogP contribution is -2.37. The summed E-state index contributed by atoms with van der Waals surface area (Å²) in [4.78, 5) is 20.5. The van der Waals surface area contributed by atoms with Gasteiger partial charge >= 0.3 is 5.97 Å². The Morgan fingerprint density at radius 1 is 1.06 bits per heavy atom. The Bertz CT molecular complexity index is 1370. The van der Waals surface area contributed by atoms with Gasteiger partial charge in [0.1, 0.15) is 11.3 Å². The predicted octanol–water partition coefficient (Wildman–Crippen LogP) is 5.91. The van der Waals surface area contributed by atoms with Gasteiger partial charge in [-0.05, 0) is 60.9 Å². The molecule has 4 aromatic rings. The second-order valence-corrected chi connectivity index (χ2v) is 8.60. The van der Waals surface area contributed by atoms with Crippen LogP contribution in [0.25, 0.3) is 33.2 Å². The summed E-state index contributed by atoms with van der Waals surface area (Å²) >= 11 is 6.28. The van der Waals surface area contributed by atoms with Crippen LogP contribution in [0.4, 0.5) is 5.95 Å². The number of halogens is 1. The van der Waals surface area contributed by atoms with Crippen molar-refractivity contribution in [2.75, 3.05) is 19.5 Å². The smallest absolute Gasteiger partial charge is 0.347 e. The van der Waals surface area contributed by atoms with Gasteiger partial charge in [-0.1, -0.05) is 35.9 Å². The van der Waals surface area contributed by atoms with E-state index in [1.54, 1.807) is 32.5 Å². The van der Waals surface area contributed by atoms with E-state index in [1.165, 1.54) is 13.8 Å². The number of carboxylic acid groups (broad SMARTS) is 1. The van der Waals surface area contributed by atoms with Crippen molar-refractivity contribution in [1.82, 2.24) is 9.97 Å². The molecule has 0 spiro atoms. The van der Waals surface area contributed by atoms with Crippen molar-refractivity contribution in [3.05, 3.63) is 65.8 Å². The summed E-state index contributed by atoms with van der Waals surface area (Å²) in [6.45, 7) is 3.01. The highest BCUT2D eigenvalue weighted by Gasteiger charge is 2.29. The first kappa shape index (κ1) is 23.3. The number of carbonyl (C=O) groups is 1. The maximum Gasteiger partial charge on any atom is 0.347 e. The number of methoxy groups -OCH3 is 1. The number of ether oxygens (including phenoxy) is 2. The number of nitrogens with one attached hydrogen (secondary N) is 1. The first-order valence-electron chi connectivity index (χ1n) is 10.6. The van der Waals surface area contributed by atoms with E-state index in [1.807, 2.05) is 42.5 Å². The molecular formula is C26H24ClN3O4. The van der Waals surface area contributed by atoms with Gasteiger partial charge in [0.05, 0.1) is 7.11 Å². The molecule has 8 heteroatoms. The summed E-state index contributed by atoms with van der Waals surface area (Å²) in [6, 6.07) is 16.8. The van der Waals surface area contributed by atoms with E-state index < -0.39 is 11.6 Å². The van der Waals surface area contributed by atoms with Crippen molar-refractivity contribution in [3.63, 3.8) is 0 Å². The quantitative estimate of drug-likeness (QED) is 0.341. The zero-order chi connectivity index (χ0) is 24.5. The number of carboxylic acids is 1. The Hall–Kier alpha value is -3.84. The normalized spacial score (nSPS) is 11.3. The van der Waals surface area contributed by atoms with Gasteiger partial charge in [-0.15, -0.1) is 0 Å². The molecule has 0 bridgehead atoms. The predicted molar refractivity (Wildman–Crippen MR) is 134 cm³/mol. The number of nitrogens with zero attached hydrogens (tertiary/aromatic N) is 2. The van der Waals surface area contributed by atoms with Crippen LogP contribution in [0.2, 0.25) is 5.02 Å². The maximum atomic E-state index is 11.4. The van der Waals surface area contributed by atoms with Crippen molar-refractivity contribution >= 4 is 34.4 Å². The second kappa shape index (κ2) is 9.19. The fourth-order valence-corrected chi connectivity index (χ4v) is 3.83. The summed E-state index contributed by atoms with van der Waals surface area (Å²) in [5.41, 5.74) is 2.81. The Morgan fingerprint density at radius 3 is 2.41 bits per heavy atom. The lowest BCUT2D eigenvalue weighted by molar-refractivity contribution is -0.152. The van der Waals surface area contributed by atoms with E-state index in [2.05, 4.69) is 15.3 Å². The Kier molecular flexibility index (Phi) is 6.30. The summed E-state index contributed by atoms with van der Waals surface area (Å²) in [5, 5.41) is 13.8. The molecular weight excluding hydrogens is 454 g/mol. The molecule has 0 fully saturated rings. The maximum absolute atomic E-state index is 11.4. The van der Waals surface area contributed by atoms with Crippen LogP contribution in [0.3, 0.4) is 0 Å². The minimum Gasteiger partial charge on any atom is -0.494 e. The molecule has 0 unspecified atom stereocenters. The Morgan fingerprint density at radius 2 is 1.79 bits per heavy atom. The zero-order valence-corrected chi connectivity index (χ0v) is 20.0. The Labute approximate surface area is 202 Å². The molecule has 0 aliphatic rings. The van der Waals surface area contributed by atoms with Crippen molar-refractivity contribution in [1.29, 1.82) is 0 Å². The highest BCUT2D eigenvalue weighted by molar-refractivity contribution is 6.31. The summed E-state index contributed by atoms with van der Waals surface area (Å²) in [7, 11) is 3.36. The number of fused-ring (bicyclic) bond motifs is 1. The van der Waals surface area contributed by atoms with Crippen LogP contribution in [0.15, 0.2) is 60.8 Å². The van der Waals surface area contributed by atoms with E-state index in [0.717, 1.165) is 27.6 Å². The third-order valence-corrected chi connectivity index (χ3v) is 5.68. The van der Waals surface area contributed by atoms with Crippen molar-refractivity contribution in [2.24, 2.45) is 0 Å². The molecule has 3 aromatic carbocycles. The van der Waals surface area contributed by atoms with Crippen LogP contribution >= 0.6 is 11.6 Å². The van der Waals surface area contributed by atoms with Gasteiger partial charge in [-0.2, -0.15) is 0 Å². The summed E-state index contributed by atoms with van der Waals surface area (Å²) in [6.07, 6.45) is 1.77. The minimum atomic E-state index is -1.34. The molecule has 34 heavy (non-hydrogen) atoms. The number of aromatic nitrogens is 2. The molecule has 0 aliphatic heterocycles. The first-order chi connectivity index (χ1) is 16.2. The van der Waals surface area contributed by atoms with E-state index in [0.29, 0.717) is 28.0 Å². The molecule has 0 amide bonds. The highest BCUT2D eigenvalue weighted by atomic mass is 35.5. The average Bonchev–Trinajstić information content (AvgIpc) is 2.82. The minimum absolute atomic E-state index is 0.450. The number of benzene rings is 3. The fourth-order valence-electron chi connectivity index (χ4n) is 3.64. The van der Waals surface area contributed by atoms with Crippen molar-refractivity contribution in [3.8, 4) is 33.8 Å². The van der Waals surface area contributed by atoms with Crippen molar-refractivity contribution in [2.45, 2.75) is 19.4 Å². The number of hydrogen-bond donors (Lipinski definition) is 2. The third-order valence-electron chi connectivity index (χ3n) is 5.44. The molecule has 0 saturated carbocycles. The monoisotopic (exact) mass is 477 g/mol. The second-order valence-electron chi connectivity index (χ2n) is 8.16. The Balaban J connectivity index is 1.91. The standard InChI is InChI=1S/C26H24ClN3O4/c1-26(2,24(31)32)34-18-10-8-15(9-11-18)20-13-19(16-6-5-7-17(27)12-16)21-14-29-25(28-3)30-22(21)23(20)33-4/h5-14H,1-4H3,(H,31,32)(H,28,29,30). The molecule has 0 radical (unpaired) electrons. The van der Waals surface area contributed by atoms with Crippen LogP contribution in [-0.2, 0) is 4.79 Å². The largest absolute Gasteiger partial charge is 0.494 e. The van der Waals surface area contributed by atoms with E-state index in [9.17, 15) is 9.90 Å². The average molecular weight is 478 g/mol. The molecule has 4 rings (SSSR count). The molecule has 2 N–H and O–H groups in total. The number of rotatable bonds is 7. The van der Waals surface area contributed by atoms with Gasteiger partial charge < -0.3 is 19.9 Å². The van der Waals surface area contributed by atoms with E-state index >= 15 is 0 Å². The van der Waals surface area contributed by atoms with Crippen LogP contribution in [0.5, 0.6) is 11.5 Å². The highest BCUT2D eigenvalue weighted by Crippen LogP contribution is 2.42. The van der Waals surface area contributed by atoms with Crippen LogP contribution in [0.1, 0.15) is 13.8 Å². The lowest BCUT2D eigenvalue weighted by atomic mass is 9.94. The van der Waals surface area contributed by atoms with Crippen molar-refractivity contribution < 1.29 is 19.4 Å². The van der Waals surface area contributed by atoms with Crippen LogP contribution < -0.4 is 14.8 Å². The lowest BCUT2D eigenvalue weighted by Gasteiger charge is -2.21. The van der Waals surface area contributed by atoms with Gasteiger partial charge in [-0.3, -0.25) is 0 Å². The van der Waals surface area contributed by atoms with Crippen LogP contribution in [-0.4, -0.2) is 40.8 Å². The number of aliphatic carboxylic acids is 1. The summed E-state index contributed by atoms with van der Waals surface area (Å²) < 4.78 is 11.5. The first-order valence-corrected chi connectivity index (χ1v) is 11.0. The molecule has 174 valence electrons. The van der Waals surface area contributed by atoms with Gasteiger partial charge in [0.2, 0.25) is 5.95 Å². The molecule has 0 aliphatic carbocycles. The van der Waals surface area contributed by atoms with Crippen LogP contribution in [0, 0.1) is 0 Å². The SMILES string of the molecule is CNc1ncc2c(-c3cccc(Cl)c3)cc(-c3ccc(OC(C)(C)C(=O)O)cc3)c(OC)c2n1. The number of anilines is 1. The van der Waals surface area contributed by atoms with Gasteiger partial charge in [0, 0.05) is 29.2 Å². The molecule has 0 atom stereocenters.